The van der Waals surface area contributed by atoms with Gasteiger partial charge >= 0.3 is 5.97 Å². The Morgan fingerprint density at radius 2 is 0.649 bits per heavy atom. The number of aliphatic hydroxyl groups excluding tert-OH is 2. The summed E-state index contributed by atoms with van der Waals surface area (Å²) in [5, 5.41) is 23.0. The van der Waals surface area contributed by atoms with Crippen LogP contribution in [-0.4, -0.2) is 47.4 Å². The highest BCUT2D eigenvalue weighted by molar-refractivity contribution is 5.76. The van der Waals surface area contributed by atoms with Crippen LogP contribution in [-0.2, 0) is 14.3 Å². The highest BCUT2D eigenvalue weighted by Crippen LogP contribution is 2.18. The molecular formula is C71H135NO5. The molecule has 0 heterocycles. The number of hydrogen-bond donors (Lipinski definition) is 3. The van der Waals surface area contributed by atoms with Crippen molar-refractivity contribution in [3.63, 3.8) is 0 Å². The summed E-state index contributed by atoms with van der Waals surface area (Å²) in [6, 6.07) is -0.625. The average molecular weight is 1080 g/mol. The van der Waals surface area contributed by atoms with E-state index in [4.69, 9.17) is 4.74 Å². The zero-order valence-electron chi connectivity index (χ0n) is 52.0. The highest BCUT2D eigenvalue weighted by atomic mass is 16.5. The fraction of sp³-hybridized carbons (Fsp3) is 0.887. The summed E-state index contributed by atoms with van der Waals surface area (Å²) in [6.07, 6.45) is 85.2. The SMILES string of the molecule is CCCCCCCCCCC/C=C/C(O)C(CO)NC(=O)CCCCCCCCCCCCCCCCCCC/C=C\C/C=C\CCCCCCCCCCCCCOC(=O)CCCCCCCCCCCCCCCC. The van der Waals surface area contributed by atoms with Gasteiger partial charge in [0, 0.05) is 12.8 Å². The van der Waals surface area contributed by atoms with Crippen molar-refractivity contribution in [1.82, 2.24) is 5.32 Å². The molecule has 0 aromatic heterocycles. The van der Waals surface area contributed by atoms with E-state index in [2.05, 4.69) is 43.5 Å². The number of rotatable bonds is 65. The third-order valence-electron chi connectivity index (χ3n) is 16.2. The van der Waals surface area contributed by atoms with Gasteiger partial charge in [0.2, 0.25) is 5.91 Å². The maximum Gasteiger partial charge on any atom is 0.305 e. The van der Waals surface area contributed by atoms with Crippen LogP contribution in [0.4, 0.5) is 0 Å². The van der Waals surface area contributed by atoms with Gasteiger partial charge in [-0.3, -0.25) is 9.59 Å². The second kappa shape index (κ2) is 66.6. The zero-order valence-corrected chi connectivity index (χ0v) is 52.0. The molecule has 0 saturated heterocycles. The molecule has 2 atom stereocenters. The first-order valence-corrected chi connectivity index (χ1v) is 34.8. The Hall–Kier alpha value is -1.92. The monoisotopic (exact) mass is 1080 g/mol. The van der Waals surface area contributed by atoms with Crippen LogP contribution in [0.15, 0.2) is 36.5 Å². The molecule has 0 saturated carbocycles. The first-order chi connectivity index (χ1) is 38.0. The third kappa shape index (κ3) is 63.1. The molecule has 6 heteroatoms. The minimum absolute atomic E-state index is 0.0191. The second-order valence-corrected chi connectivity index (χ2v) is 23.9. The maximum atomic E-state index is 12.4. The van der Waals surface area contributed by atoms with Crippen LogP contribution >= 0.6 is 0 Å². The lowest BCUT2D eigenvalue weighted by atomic mass is 10.0. The average Bonchev–Trinajstić information content (AvgIpc) is 3.43. The Morgan fingerprint density at radius 3 is 0.987 bits per heavy atom. The maximum absolute atomic E-state index is 12.4. The van der Waals surface area contributed by atoms with Crippen molar-refractivity contribution >= 4 is 11.9 Å². The van der Waals surface area contributed by atoms with Gasteiger partial charge in [-0.1, -0.05) is 339 Å². The highest BCUT2D eigenvalue weighted by Gasteiger charge is 2.18. The first-order valence-electron chi connectivity index (χ1n) is 34.8. The van der Waals surface area contributed by atoms with Crippen molar-refractivity contribution in [3.05, 3.63) is 36.5 Å². The molecule has 0 aromatic rings. The largest absolute Gasteiger partial charge is 0.466 e. The van der Waals surface area contributed by atoms with Crippen molar-refractivity contribution in [1.29, 1.82) is 0 Å². The quantitative estimate of drug-likeness (QED) is 0.0320. The smallest absolute Gasteiger partial charge is 0.305 e. The number of esters is 1. The molecular weight excluding hydrogens is 947 g/mol. The number of unbranched alkanes of at least 4 members (excludes halogenated alkanes) is 50. The normalized spacial score (nSPS) is 12.7. The molecule has 454 valence electrons. The molecule has 1 amide bonds. The first kappa shape index (κ1) is 75.1. The number of hydrogen-bond acceptors (Lipinski definition) is 5. The zero-order chi connectivity index (χ0) is 55.7. The Balaban J connectivity index is 3.36. The van der Waals surface area contributed by atoms with E-state index in [0.717, 1.165) is 44.9 Å². The summed E-state index contributed by atoms with van der Waals surface area (Å²) >= 11 is 0. The van der Waals surface area contributed by atoms with Crippen LogP contribution in [0.1, 0.15) is 380 Å². The fourth-order valence-corrected chi connectivity index (χ4v) is 10.8. The summed E-state index contributed by atoms with van der Waals surface area (Å²) in [5.41, 5.74) is 0. The van der Waals surface area contributed by atoms with Crippen molar-refractivity contribution in [2.45, 2.75) is 392 Å². The van der Waals surface area contributed by atoms with Crippen LogP contribution < -0.4 is 5.32 Å². The van der Waals surface area contributed by atoms with Crippen molar-refractivity contribution in [2.75, 3.05) is 13.2 Å². The van der Waals surface area contributed by atoms with Gasteiger partial charge in [-0.25, -0.2) is 0 Å². The van der Waals surface area contributed by atoms with Gasteiger partial charge in [-0.2, -0.15) is 0 Å². The van der Waals surface area contributed by atoms with E-state index in [-0.39, 0.29) is 18.5 Å². The van der Waals surface area contributed by atoms with Crippen LogP contribution in [0.3, 0.4) is 0 Å². The number of carbonyl (C=O) groups is 2. The van der Waals surface area contributed by atoms with E-state index in [1.165, 1.54) is 308 Å². The standard InChI is InChI=1S/C71H135NO5/c1-3-5-7-9-11-13-15-16-41-45-49-53-57-61-65-71(76)77-66-62-58-54-50-46-42-39-37-35-33-31-29-27-25-23-21-19-17-18-20-22-24-26-28-30-32-34-36-38-40-44-48-52-56-60-64-70(75)72-68(67-73)69(74)63-59-55-51-47-43-14-12-10-8-6-4-2/h19,21,25,27,59,63,68-69,73-74H,3-18,20,22-24,26,28-58,60-62,64-67H2,1-2H3,(H,72,75)/b21-19-,27-25-,63-59+. The summed E-state index contributed by atoms with van der Waals surface area (Å²) in [5.74, 6) is -0.0466. The van der Waals surface area contributed by atoms with Gasteiger partial charge in [-0.05, 0) is 64.2 Å². The molecule has 0 aliphatic rings. The minimum Gasteiger partial charge on any atom is -0.466 e. The molecule has 2 unspecified atom stereocenters. The number of carbonyl (C=O) groups excluding carboxylic acids is 2. The number of allylic oxidation sites excluding steroid dienone is 5. The molecule has 0 aromatic carbocycles. The Morgan fingerprint density at radius 1 is 0.364 bits per heavy atom. The van der Waals surface area contributed by atoms with E-state index in [0.29, 0.717) is 19.4 Å². The Kier molecular flexibility index (Phi) is 64.9. The third-order valence-corrected chi connectivity index (χ3v) is 16.2. The van der Waals surface area contributed by atoms with Gasteiger partial charge in [0.1, 0.15) is 0 Å². The van der Waals surface area contributed by atoms with E-state index >= 15 is 0 Å². The van der Waals surface area contributed by atoms with Crippen molar-refractivity contribution < 1.29 is 24.5 Å². The number of ether oxygens (including phenoxy) is 1. The number of aliphatic hydroxyl groups is 2. The predicted molar refractivity (Wildman–Crippen MR) is 338 cm³/mol. The van der Waals surface area contributed by atoms with E-state index in [9.17, 15) is 19.8 Å². The molecule has 0 aliphatic heterocycles. The van der Waals surface area contributed by atoms with Gasteiger partial charge in [0.15, 0.2) is 0 Å². The second-order valence-electron chi connectivity index (χ2n) is 23.9. The topological polar surface area (TPSA) is 95.9 Å². The lowest BCUT2D eigenvalue weighted by Crippen LogP contribution is -2.45. The van der Waals surface area contributed by atoms with Crippen LogP contribution in [0.25, 0.3) is 0 Å². The number of nitrogens with one attached hydrogen (secondary N) is 1. The van der Waals surface area contributed by atoms with Gasteiger partial charge < -0.3 is 20.3 Å². The summed E-state index contributed by atoms with van der Waals surface area (Å²) in [6.45, 7) is 4.92. The molecule has 3 N–H and O–H groups in total. The summed E-state index contributed by atoms with van der Waals surface area (Å²) in [4.78, 5) is 24.5. The van der Waals surface area contributed by atoms with E-state index < -0.39 is 12.1 Å². The molecule has 0 bridgehead atoms. The van der Waals surface area contributed by atoms with E-state index in [1.54, 1.807) is 6.08 Å². The molecule has 6 nitrogen and oxygen atoms in total. The van der Waals surface area contributed by atoms with Crippen LogP contribution in [0, 0.1) is 0 Å². The molecule has 77 heavy (non-hydrogen) atoms. The fourth-order valence-electron chi connectivity index (χ4n) is 10.8. The molecule has 0 spiro atoms. The minimum atomic E-state index is -0.841. The summed E-state index contributed by atoms with van der Waals surface area (Å²) < 4.78 is 5.49. The molecule has 0 rings (SSSR count). The Bertz CT molecular complexity index is 1250. The Labute approximate surface area is 481 Å². The molecule has 0 radical (unpaired) electrons. The lowest BCUT2D eigenvalue weighted by molar-refractivity contribution is -0.143. The predicted octanol–water partition coefficient (Wildman–Crippen LogP) is 22.3. The van der Waals surface area contributed by atoms with Crippen LogP contribution in [0.5, 0.6) is 0 Å². The van der Waals surface area contributed by atoms with Crippen LogP contribution in [0.2, 0.25) is 0 Å². The van der Waals surface area contributed by atoms with Gasteiger partial charge in [0.05, 0.1) is 25.4 Å². The molecule has 0 aliphatic carbocycles. The number of amides is 1. The van der Waals surface area contributed by atoms with Gasteiger partial charge in [0.25, 0.3) is 0 Å². The lowest BCUT2D eigenvalue weighted by Gasteiger charge is -2.20. The molecule has 0 fully saturated rings. The van der Waals surface area contributed by atoms with Crippen molar-refractivity contribution in [2.24, 2.45) is 0 Å². The van der Waals surface area contributed by atoms with E-state index in [1.807, 2.05) is 6.08 Å². The summed E-state index contributed by atoms with van der Waals surface area (Å²) in [7, 11) is 0. The van der Waals surface area contributed by atoms with Crippen molar-refractivity contribution in [3.8, 4) is 0 Å². The van der Waals surface area contributed by atoms with Gasteiger partial charge in [-0.15, -0.1) is 0 Å².